The highest BCUT2D eigenvalue weighted by Crippen LogP contribution is 2.25. The highest BCUT2D eigenvalue weighted by Gasteiger charge is 2.16. The third kappa shape index (κ3) is 2.60. The second-order valence-electron chi connectivity index (χ2n) is 3.78. The van der Waals surface area contributed by atoms with Crippen LogP contribution < -0.4 is 5.32 Å². The minimum atomic E-state index is -0.498. The van der Waals surface area contributed by atoms with Crippen LogP contribution in [-0.2, 0) is 0 Å². The summed E-state index contributed by atoms with van der Waals surface area (Å²) < 4.78 is 0. The van der Waals surface area contributed by atoms with Gasteiger partial charge in [-0.2, -0.15) is 0 Å². The van der Waals surface area contributed by atoms with Crippen molar-refractivity contribution in [3.8, 4) is 0 Å². The van der Waals surface area contributed by atoms with Crippen molar-refractivity contribution in [2.24, 2.45) is 0 Å². The molecule has 0 spiro atoms. The van der Waals surface area contributed by atoms with Crippen molar-refractivity contribution in [3.05, 3.63) is 58.5 Å². The van der Waals surface area contributed by atoms with Gasteiger partial charge in [0.1, 0.15) is 11.9 Å². The van der Waals surface area contributed by atoms with Crippen molar-refractivity contribution < 1.29 is 4.92 Å². The predicted molar refractivity (Wildman–Crippen MR) is 67.2 cm³/mol. The molecule has 6 nitrogen and oxygen atoms in total. The summed E-state index contributed by atoms with van der Waals surface area (Å²) in [6, 6.07) is 6.97. The summed E-state index contributed by atoms with van der Waals surface area (Å²) in [6.45, 7) is 1.92. The zero-order chi connectivity index (χ0) is 13.0. The third-order valence-electron chi connectivity index (χ3n) is 2.54. The predicted octanol–water partition coefficient (Wildman–Crippen LogP) is 2.56. The van der Waals surface area contributed by atoms with E-state index in [2.05, 4.69) is 15.3 Å². The number of hydrogen-bond donors (Lipinski definition) is 1. The van der Waals surface area contributed by atoms with Gasteiger partial charge in [0.05, 0.1) is 0 Å². The van der Waals surface area contributed by atoms with E-state index >= 15 is 0 Å². The Balaban J connectivity index is 2.22. The molecule has 0 aliphatic carbocycles. The zero-order valence-electron chi connectivity index (χ0n) is 9.78. The number of anilines is 1. The van der Waals surface area contributed by atoms with Gasteiger partial charge >= 0.3 is 5.82 Å². The first-order valence-corrected chi connectivity index (χ1v) is 5.44. The van der Waals surface area contributed by atoms with E-state index in [9.17, 15) is 10.1 Å². The number of pyridine rings is 2. The highest BCUT2D eigenvalue weighted by atomic mass is 16.6. The molecule has 2 aromatic heterocycles. The van der Waals surface area contributed by atoms with Gasteiger partial charge in [0, 0.05) is 18.4 Å². The molecule has 0 saturated carbocycles. The number of nitrogens with one attached hydrogen (secondary N) is 1. The van der Waals surface area contributed by atoms with Gasteiger partial charge in [0.25, 0.3) is 0 Å². The second kappa shape index (κ2) is 5.22. The Hall–Kier alpha value is -2.50. The fraction of sp³-hybridized carbons (Fsp3) is 0.167. The van der Waals surface area contributed by atoms with Crippen LogP contribution >= 0.6 is 0 Å². The lowest BCUT2D eigenvalue weighted by Gasteiger charge is -2.14. The van der Waals surface area contributed by atoms with Gasteiger partial charge in [-0.05, 0) is 46.7 Å². The normalized spacial score (nSPS) is 11.8. The summed E-state index contributed by atoms with van der Waals surface area (Å²) in [4.78, 5) is 18.0. The standard InChI is InChI=1S/C12H12N4O2/c1-9(10-4-7-13-8-5-10)15-11-3-2-6-14-12(11)16(17)18/h2-9,15H,1H3. The van der Waals surface area contributed by atoms with Crippen LogP contribution in [-0.4, -0.2) is 14.9 Å². The highest BCUT2D eigenvalue weighted by molar-refractivity contribution is 5.57. The molecule has 0 bridgehead atoms. The van der Waals surface area contributed by atoms with Crippen molar-refractivity contribution in [2.45, 2.75) is 13.0 Å². The molecule has 1 atom stereocenters. The Kier molecular flexibility index (Phi) is 3.47. The third-order valence-corrected chi connectivity index (χ3v) is 2.54. The summed E-state index contributed by atoms with van der Waals surface area (Å²) >= 11 is 0. The van der Waals surface area contributed by atoms with Crippen molar-refractivity contribution in [1.29, 1.82) is 0 Å². The van der Waals surface area contributed by atoms with Crippen molar-refractivity contribution >= 4 is 11.5 Å². The second-order valence-corrected chi connectivity index (χ2v) is 3.78. The molecular weight excluding hydrogens is 232 g/mol. The van der Waals surface area contributed by atoms with Gasteiger partial charge in [0.2, 0.25) is 0 Å². The largest absolute Gasteiger partial charge is 0.386 e. The lowest BCUT2D eigenvalue weighted by Crippen LogP contribution is -2.09. The van der Waals surface area contributed by atoms with Gasteiger partial charge in [-0.25, -0.2) is 0 Å². The lowest BCUT2D eigenvalue weighted by molar-refractivity contribution is -0.388. The first kappa shape index (κ1) is 12.0. The van der Waals surface area contributed by atoms with Gasteiger partial charge in [-0.3, -0.25) is 4.98 Å². The molecule has 18 heavy (non-hydrogen) atoms. The van der Waals surface area contributed by atoms with E-state index in [1.165, 1.54) is 6.20 Å². The van der Waals surface area contributed by atoms with E-state index in [0.29, 0.717) is 5.69 Å². The van der Waals surface area contributed by atoms with E-state index < -0.39 is 4.92 Å². The molecule has 0 radical (unpaired) electrons. The molecule has 92 valence electrons. The number of hydrogen-bond acceptors (Lipinski definition) is 5. The van der Waals surface area contributed by atoms with Gasteiger partial charge < -0.3 is 15.4 Å². The van der Waals surface area contributed by atoms with Crippen LogP contribution in [0.4, 0.5) is 11.5 Å². The minimum absolute atomic E-state index is 0.0594. The Bertz CT molecular complexity index is 545. The molecule has 0 fully saturated rings. The van der Waals surface area contributed by atoms with Gasteiger partial charge in [0.15, 0.2) is 0 Å². The van der Waals surface area contributed by atoms with Crippen LogP contribution in [0, 0.1) is 10.1 Å². The van der Waals surface area contributed by atoms with Crippen molar-refractivity contribution in [2.75, 3.05) is 5.32 Å². The average Bonchev–Trinajstić information content (AvgIpc) is 2.40. The Labute approximate surface area is 104 Å². The van der Waals surface area contributed by atoms with E-state index in [-0.39, 0.29) is 11.9 Å². The molecule has 6 heteroatoms. The molecule has 0 aliphatic rings. The van der Waals surface area contributed by atoms with Crippen LogP contribution in [0.2, 0.25) is 0 Å². The van der Waals surface area contributed by atoms with E-state index in [1.54, 1.807) is 24.5 Å². The van der Waals surface area contributed by atoms with Crippen molar-refractivity contribution in [1.82, 2.24) is 9.97 Å². The molecule has 1 N–H and O–H groups in total. The molecular formula is C12H12N4O2. The zero-order valence-corrected chi connectivity index (χ0v) is 9.78. The van der Waals surface area contributed by atoms with E-state index in [1.807, 2.05) is 19.1 Å². The lowest BCUT2D eigenvalue weighted by atomic mass is 10.1. The molecule has 2 rings (SSSR count). The fourth-order valence-corrected chi connectivity index (χ4v) is 1.62. The summed E-state index contributed by atoms with van der Waals surface area (Å²) in [5.74, 6) is -0.168. The number of nitro groups is 1. The van der Waals surface area contributed by atoms with Crippen LogP contribution in [0.3, 0.4) is 0 Å². The molecule has 1 unspecified atom stereocenters. The summed E-state index contributed by atoms with van der Waals surface area (Å²) in [5.41, 5.74) is 1.41. The maximum absolute atomic E-state index is 10.8. The molecule has 0 aliphatic heterocycles. The summed E-state index contributed by atoms with van der Waals surface area (Å²) in [5, 5.41) is 13.9. The summed E-state index contributed by atoms with van der Waals surface area (Å²) in [7, 11) is 0. The number of nitrogens with zero attached hydrogens (tertiary/aromatic N) is 3. The Morgan fingerprint density at radius 1 is 1.28 bits per heavy atom. The van der Waals surface area contributed by atoms with Gasteiger partial charge in [-0.15, -0.1) is 0 Å². The Morgan fingerprint density at radius 3 is 2.67 bits per heavy atom. The smallest absolute Gasteiger partial charge is 0.372 e. The molecule has 0 saturated heterocycles. The maximum Gasteiger partial charge on any atom is 0.386 e. The van der Waals surface area contributed by atoms with Gasteiger partial charge in [-0.1, -0.05) is 0 Å². The molecule has 2 heterocycles. The quantitative estimate of drug-likeness (QED) is 0.660. The average molecular weight is 244 g/mol. The fourth-order valence-electron chi connectivity index (χ4n) is 1.62. The Morgan fingerprint density at radius 2 is 2.00 bits per heavy atom. The molecule has 0 amide bonds. The topological polar surface area (TPSA) is 81.0 Å². The molecule has 2 aromatic rings. The van der Waals surface area contributed by atoms with E-state index in [0.717, 1.165) is 5.56 Å². The van der Waals surface area contributed by atoms with Crippen LogP contribution in [0.15, 0.2) is 42.9 Å². The van der Waals surface area contributed by atoms with Crippen LogP contribution in [0.1, 0.15) is 18.5 Å². The maximum atomic E-state index is 10.8. The van der Waals surface area contributed by atoms with Crippen LogP contribution in [0.25, 0.3) is 0 Å². The SMILES string of the molecule is CC(Nc1cccnc1[N+](=O)[O-])c1ccncc1. The monoisotopic (exact) mass is 244 g/mol. The van der Waals surface area contributed by atoms with E-state index in [4.69, 9.17) is 0 Å². The van der Waals surface area contributed by atoms with Crippen LogP contribution in [0.5, 0.6) is 0 Å². The first-order chi connectivity index (χ1) is 8.68. The first-order valence-electron chi connectivity index (χ1n) is 5.44. The number of rotatable bonds is 4. The number of aromatic nitrogens is 2. The molecule has 0 aromatic carbocycles. The summed E-state index contributed by atoms with van der Waals surface area (Å²) in [6.07, 6.45) is 4.77. The van der Waals surface area contributed by atoms with Crippen molar-refractivity contribution in [3.63, 3.8) is 0 Å². The minimum Gasteiger partial charge on any atom is -0.372 e.